The average molecular weight is 384 g/mol. The Balaban J connectivity index is 1.74. The van der Waals surface area contributed by atoms with Crippen molar-refractivity contribution in [3.8, 4) is 5.75 Å². The Morgan fingerprint density at radius 2 is 1.67 bits per heavy atom. The van der Waals surface area contributed by atoms with Gasteiger partial charge in [0.15, 0.2) is 0 Å². The molecule has 2 aromatic carbocycles. The minimum atomic E-state index is -4.80. The van der Waals surface area contributed by atoms with Crippen LogP contribution in [0, 0.1) is 11.6 Å². The van der Waals surface area contributed by atoms with Crippen molar-refractivity contribution >= 4 is 16.6 Å². The number of rotatable bonds is 5. The van der Waals surface area contributed by atoms with Gasteiger partial charge in [-0.3, -0.25) is 4.98 Å². The van der Waals surface area contributed by atoms with E-state index in [-0.39, 0.29) is 23.1 Å². The highest BCUT2D eigenvalue weighted by Crippen LogP contribution is 2.28. The van der Waals surface area contributed by atoms with Crippen LogP contribution in [-0.2, 0) is 0 Å². The fourth-order valence-electron chi connectivity index (χ4n) is 2.56. The van der Waals surface area contributed by atoms with Gasteiger partial charge in [-0.15, -0.1) is 13.2 Å². The number of aromatic nitrogens is 1. The molecule has 1 heterocycles. The number of nitrogens with one attached hydrogen (secondary N) is 1. The highest BCUT2D eigenvalue weighted by Gasteiger charge is 2.31. The van der Waals surface area contributed by atoms with Gasteiger partial charge < -0.3 is 15.2 Å². The molecule has 27 heavy (non-hydrogen) atoms. The molecule has 0 spiro atoms. The van der Waals surface area contributed by atoms with E-state index in [0.717, 1.165) is 24.3 Å². The van der Waals surface area contributed by atoms with Crippen LogP contribution < -0.4 is 10.1 Å². The highest BCUT2D eigenvalue weighted by atomic mass is 19.4. The maximum atomic E-state index is 14.0. The molecule has 1 unspecified atom stereocenters. The first-order valence-electron chi connectivity index (χ1n) is 7.75. The molecule has 0 radical (unpaired) electrons. The van der Waals surface area contributed by atoms with Crippen molar-refractivity contribution in [2.75, 3.05) is 11.9 Å². The molecule has 0 aliphatic heterocycles. The third-order valence-corrected chi connectivity index (χ3v) is 3.78. The first-order chi connectivity index (χ1) is 12.7. The first kappa shape index (κ1) is 18.8. The Hall–Kier alpha value is -2.94. The number of aliphatic hydroxyl groups excluding tert-OH is 1. The number of nitrogens with zero attached hydrogens (tertiary/aromatic N) is 1. The summed E-state index contributed by atoms with van der Waals surface area (Å²) in [5.41, 5.74) is 0.401. The number of alkyl halides is 3. The van der Waals surface area contributed by atoms with Crippen LogP contribution in [0.15, 0.2) is 48.7 Å². The second kappa shape index (κ2) is 7.36. The maximum Gasteiger partial charge on any atom is 0.573 e. The number of benzene rings is 2. The van der Waals surface area contributed by atoms with Crippen LogP contribution in [0.1, 0.15) is 11.7 Å². The molecule has 1 aromatic heterocycles. The lowest BCUT2D eigenvalue weighted by atomic mass is 10.1. The van der Waals surface area contributed by atoms with E-state index in [1.165, 1.54) is 24.4 Å². The van der Waals surface area contributed by atoms with E-state index in [1.54, 1.807) is 0 Å². The molecule has 2 N–H and O–H groups in total. The lowest BCUT2D eigenvalue weighted by molar-refractivity contribution is -0.274. The molecule has 0 saturated heterocycles. The van der Waals surface area contributed by atoms with Gasteiger partial charge >= 0.3 is 6.36 Å². The Bertz CT molecular complexity index is 945. The van der Waals surface area contributed by atoms with Crippen molar-refractivity contribution in [2.45, 2.75) is 12.5 Å². The molecule has 3 rings (SSSR count). The van der Waals surface area contributed by atoms with Crippen molar-refractivity contribution < 1.29 is 31.8 Å². The van der Waals surface area contributed by atoms with Crippen molar-refractivity contribution in [2.24, 2.45) is 0 Å². The van der Waals surface area contributed by atoms with Gasteiger partial charge in [0.25, 0.3) is 0 Å². The summed E-state index contributed by atoms with van der Waals surface area (Å²) in [6.07, 6.45) is -4.61. The number of ether oxygens (including phenoxy) is 1. The van der Waals surface area contributed by atoms with Crippen LogP contribution in [0.5, 0.6) is 5.75 Å². The minimum Gasteiger partial charge on any atom is -0.406 e. The smallest absolute Gasteiger partial charge is 0.406 e. The zero-order valence-electron chi connectivity index (χ0n) is 13.6. The van der Waals surface area contributed by atoms with Gasteiger partial charge in [0.1, 0.15) is 22.9 Å². The van der Waals surface area contributed by atoms with Crippen LogP contribution in [0.25, 0.3) is 10.9 Å². The van der Waals surface area contributed by atoms with Gasteiger partial charge in [-0.05, 0) is 35.9 Å². The monoisotopic (exact) mass is 384 g/mol. The average Bonchev–Trinajstić information content (AvgIpc) is 2.62. The zero-order valence-corrected chi connectivity index (χ0v) is 13.6. The predicted molar refractivity (Wildman–Crippen MR) is 88.2 cm³/mol. The Morgan fingerprint density at radius 3 is 2.33 bits per heavy atom. The molecular formula is C18H13F5N2O2. The third-order valence-electron chi connectivity index (χ3n) is 3.78. The Kier molecular flexibility index (Phi) is 5.13. The summed E-state index contributed by atoms with van der Waals surface area (Å²) in [5.74, 6) is -1.77. The van der Waals surface area contributed by atoms with Gasteiger partial charge in [-0.25, -0.2) is 8.78 Å². The molecule has 1 atom stereocenters. The second-order valence-corrected chi connectivity index (χ2v) is 5.62. The van der Waals surface area contributed by atoms with Crippen molar-refractivity contribution in [3.05, 3.63) is 65.9 Å². The fourth-order valence-corrected chi connectivity index (χ4v) is 2.56. The van der Waals surface area contributed by atoms with Gasteiger partial charge in [0, 0.05) is 18.4 Å². The number of pyridine rings is 1. The van der Waals surface area contributed by atoms with Crippen LogP contribution in [0.2, 0.25) is 0 Å². The molecule has 9 heteroatoms. The SMILES string of the molecule is OC(CNc1ccnc2c(F)ccc(F)c12)c1ccc(OC(F)(F)F)cc1. The number of fused-ring (bicyclic) bond motifs is 1. The van der Waals surface area contributed by atoms with Crippen LogP contribution >= 0.6 is 0 Å². The topological polar surface area (TPSA) is 54.4 Å². The van der Waals surface area contributed by atoms with Gasteiger partial charge in [-0.1, -0.05) is 12.1 Å². The van der Waals surface area contributed by atoms with Gasteiger partial charge in [0.05, 0.1) is 11.5 Å². The fraction of sp³-hybridized carbons (Fsp3) is 0.167. The van der Waals surface area contributed by atoms with Gasteiger partial charge in [-0.2, -0.15) is 0 Å². The maximum absolute atomic E-state index is 14.0. The Labute approximate surface area is 150 Å². The minimum absolute atomic E-state index is 0.0568. The third kappa shape index (κ3) is 4.43. The summed E-state index contributed by atoms with van der Waals surface area (Å²) in [6.45, 7) is -0.0887. The molecule has 142 valence electrons. The van der Waals surface area contributed by atoms with E-state index in [1.807, 2.05) is 0 Å². The van der Waals surface area contributed by atoms with E-state index >= 15 is 0 Å². The highest BCUT2D eigenvalue weighted by molar-refractivity contribution is 5.91. The molecule has 3 aromatic rings. The normalized spacial score (nSPS) is 12.8. The summed E-state index contributed by atoms with van der Waals surface area (Å²) in [5, 5.41) is 12.9. The molecule has 0 bridgehead atoms. The lowest BCUT2D eigenvalue weighted by Crippen LogP contribution is -2.17. The molecule has 0 amide bonds. The largest absolute Gasteiger partial charge is 0.573 e. The number of hydrogen-bond acceptors (Lipinski definition) is 4. The second-order valence-electron chi connectivity index (χ2n) is 5.62. The van der Waals surface area contributed by atoms with Crippen LogP contribution in [0.4, 0.5) is 27.6 Å². The quantitative estimate of drug-likeness (QED) is 0.634. The van der Waals surface area contributed by atoms with Crippen LogP contribution in [-0.4, -0.2) is 23.0 Å². The molecule has 0 fully saturated rings. The summed E-state index contributed by atoms with van der Waals surface area (Å²) in [4.78, 5) is 3.80. The standard InChI is InChI=1S/C18H13F5N2O2/c19-12-5-6-13(20)17-16(12)14(7-8-24-17)25-9-15(26)10-1-3-11(4-2-10)27-18(21,22)23/h1-8,15,26H,9H2,(H,24,25). The molecule has 4 nitrogen and oxygen atoms in total. The lowest BCUT2D eigenvalue weighted by Gasteiger charge is -2.15. The molecular weight excluding hydrogens is 371 g/mol. The molecule has 0 aliphatic carbocycles. The van der Waals surface area contributed by atoms with E-state index < -0.39 is 29.9 Å². The van der Waals surface area contributed by atoms with E-state index in [2.05, 4.69) is 15.0 Å². The number of hydrogen-bond donors (Lipinski definition) is 2. The van der Waals surface area contributed by atoms with Crippen molar-refractivity contribution in [3.63, 3.8) is 0 Å². The number of anilines is 1. The van der Waals surface area contributed by atoms with E-state index in [0.29, 0.717) is 5.56 Å². The molecule has 0 aliphatic rings. The summed E-state index contributed by atoms with van der Waals surface area (Å²) in [6, 6.07) is 8.06. The zero-order chi connectivity index (χ0) is 19.6. The van der Waals surface area contributed by atoms with E-state index in [4.69, 9.17) is 0 Å². The Morgan fingerprint density at radius 1 is 1.00 bits per heavy atom. The number of halogens is 5. The van der Waals surface area contributed by atoms with Crippen molar-refractivity contribution in [1.29, 1.82) is 0 Å². The first-order valence-corrected chi connectivity index (χ1v) is 7.75. The van der Waals surface area contributed by atoms with Gasteiger partial charge in [0.2, 0.25) is 0 Å². The van der Waals surface area contributed by atoms with E-state index in [9.17, 15) is 27.1 Å². The molecule has 0 saturated carbocycles. The predicted octanol–water partition coefficient (Wildman–Crippen LogP) is 4.56. The van der Waals surface area contributed by atoms with Crippen molar-refractivity contribution in [1.82, 2.24) is 4.98 Å². The van der Waals surface area contributed by atoms with Crippen LogP contribution in [0.3, 0.4) is 0 Å². The summed E-state index contributed by atoms with van der Waals surface area (Å²) in [7, 11) is 0. The summed E-state index contributed by atoms with van der Waals surface area (Å²) < 4.78 is 68.0. The number of aliphatic hydroxyl groups is 1. The summed E-state index contributed by atoms with van der Waals surface area (Å²) >= 11 is 0.